The molecule has 0 saturated heterocycles. The van der Waals surface area contributed by atoms with Crippen LogP contribution in [-0.4, -0.2) is 7.85 Å². The zero-order chi connectivity index (χ0) is 3.41. The van der Waals surface area contributed by atoms with Gasteiger partial charge in [0, 0.05) is 6.32 Å². The predicted molar refractivity (Wildman–Crippen MR) is 19.0 cm³/mol. The van der Waals surface area contributed by atoms with Crippen molar-refractivity contribution < 1.29 is 0 Å². The molecule has 0 N–H and O–H groups in total. The van der Waals surface area contributed by atoms with Crippen LogP contribution < -0.4 is 0 Å². The standard InChI is InChI=1S/C2H4BN/c3-1-2-4/h1,3H2. The Kier molecular flexibility index (Phi) is 2.27. The summed E-state index contributed by atoms with van der Waals surface area (Å²) in [6.07, 6.45) is 0.625. The molecule has 1 nitrogen and oxygen atoms in total. The Bertz CT molecular complexity index is 35.8. The van der Waals surface area contributed by atoms with Gasteiger partial charge in [-0.2, -0.15) is 5.26 Å². The van der Waals surface area contributed by atoms with Crippen LogP contribution in [0.1, 0.15) is 0 Å². The Hall–Kier alpha value is -0.445. The highest BCUT2D eigenvalue weighted by atomic mass is 14.2. The molecule has 0 aliphatic rings. The highest BCUT2D eigenvalue weighted by molar-refractivity contribution is 6.10. The number of hydrogen-bond donors (Lipinski definition) is 0. The fourth-order valence-corrected chi connectivity index (χ4v) is 0. The molecule has 0 saturated carbocycles. The van der Waals surface area contributed by atoms with E-state index in [2.05, 4.69) is 0 Å². The lowest BCUT2D eigenvalue weighted by molar-refractivity contribution is 1.48. The summed E-state index contributed by atoms with van der Waals surface area (Å²) in [4.78, 5) is 0. The molecule has 0 fully saturated rings. The second-order valence-corrected chi connectivity index (χ2v) is 0.512. The molecule has 20 valence electrons. The molecule has 0 amide bonds. The second-order valence-electron chi connectivity index (χ2n) is 0.512. The second kappa shape index (κ2) is 2.55. The van der Waals surface area contributed by atoms with Crippen molar-refractivity contribution in [1.82, 2.24) is 0 Å². The first-order chi connectivity index (χ1) is 1.91. The molecule has 2 heteroatoms. The van der Waals surface area contributed by atoms with Gasteiger partial charge in [0.1, 0.15) is 7.85 Å². The van der Waals surface area contributed by atoms with Crippen LogP contribution in [0.15, 0.2) is 0 Å². The quantitative estimate of drug-likeness (QED) is 0.343. The fourth-order valence-electron chi connectivity index (χ4n) is 0. The van der Waals surface area contributed by atoms with Crippen LogP contribution in [0, 0.1) is 11.3 Å². The molecule has 0 aromatic carbocycles. The minimum absolute atomic E-state index is 0.625. The lowest BCUT2D eigenvalue weighted by Gasteiger charge is -1.45. The van der Waals surface area contributed by atoms with Gasteiger partial charge in [-0.05, 0) is 0 Å². The summed E-state index contributed by atoms with van der Waals surface area (Å²) in [5.74, 6) is 0. The third-order valence-corrected chi connectivity index (χ3v) is 0.158. The average Bonchev–Trinajstić information content (AvgIpc) is 1.37. The minimum atomic E-state index is 0.625. The summed E-state index contributed by atoms with van der Waals surface area (Å²) in [6.45, 7) is 0. The van der Waals surface area contributed by atoms with Crippen molar-refractivity contribution in [2.45, 2.75) is 6.32 Å². The van der Waals surface area contributed by atoms with Gasteiger partial charge in [0.25, 0.3) is 0 Å². The highest BCUT2D eigenvalue weighted by Gasteiger charge is 1.51. The Labute approximate surface area is 26.6 Å². The number of rotatable bonds is 0. The maximum Gasteiger partial charge on any atom is 0.119 e. The third kappa shape index (κ3) is 1.55. The van der Waals surface area contributed by atoms with E-state index in [-0.39, 0.29) is 0 Å². The Morgan fingerprint density at radius 2 is 2.25 bits per heavy atom. The van der Waals surface area contributed by atoms with Crippen LogP contribution in [0.3, 0.4) is 0 Å². The molecule has 0 aromatic heterocycles. The van der Waals surface area contributed by atoms with Crippen molar-refractivity contribution in [2.75, 3.05) is 0 Å². The molecule has 0 radical (unpaired) electrons. The van der Waals surface area contributed by atoms with Crippen LogP contribution >= 0.6 is 0 Å². The first-order valence-electron chi connectivity index (χ1n) is 1.28. The van der Waals surface area contributed by atoms with Crippen molar-refractivity contribution in [3.8, 4) is 6.07 Å². The van der Waals surface area contributed by atoms with Gasteiger partial charge in [-0.25, -0.2) is 0 Å². The smallest absolute Gasteiger partial charge is 0.119 e. The summed E-state index contributed by atoms with van der Waals surface area (Å²) >= 11 is 0. The van der Waals surface area contributed by atoms with Crippen LogP contribution in [0.5, 0.6) is 0 Å². The minimum Gasteiger partial charge on any atom is -0.199 e. The van der Waals surface area contributed by atoms with E-state index in [0.717, 1.165) is 0 Å². The van der Waals surface area contributed by atoms with Gasteiger partial charge in [0.05, 0.1) is 6.07 Å². The molecule has 0 aliphatic carbocycles. The monoisotopic (exact) mass is 53.0 g/mol. The van der Waals surface area contributed by atoms with Crippen molar-refractivity contribution in [3.63, 3.8) is 0 Å². The van der Waals surface area contributed by atoms with Gasteiger partial charge in [-0.15, -0.1) is 0 Å². The van der Waals surface area contributed by atoms with E-state index in [1.807, 2.05) is 13.9 Å². The van der Waals surface area contributed by atoms with Crippen LogP contribution in [0.25, 0.3) is 0 Å². The first-order valence-corrected chi connectivity index (χ1v) is 1.28. The zero-order valence-electron chi connectivity index (χ0n) is 2.65. The van der Waals surface area contributed by atoms with E-state index in [9.17, 15) is 0 Å². The van der Waals surface area contributed by atoms with E-state index in [0.29, 0.717) is 6.32 Å². The molecule has 0 spiro atoms. The molecule has 0 bridgehead atoms. The average molecular weight is 52.9 g/mol. The molecule has 0 aromatic rings. The van der Waals surface area contributed by atoms with Crippen LogP contribution in [-0.2, 0) is 0 Å². The van der Waals surface area contributed by atoms with E-state index in [4.69, 9.17) is 5.26 Å². The Morgan fingerprint density at radius 1 is 2.00 bits per heavy atom. The lowest BCUT2D eigenvalue weighted by Crippen LogP contribution is -1.48. The summed E-state index contributed by atoms with van der Waals surface area (Å²) in [5.41, 5.74) is 0. The summed E-state index contributed by atoms with van der Waals surface area (Å²) < 4.78 is 0. The number of nitrogens with zero attached hydrogens (tertiary/aromatic N) is 1. The molecule has 4 heavy (non-hydrogen) atoms. The third-order valence-electron chi connectivity index (χ3n) is 0.158. The topological polar surface area (TPSA) is 23.8 Å². The van der Waals surface area contributed by atoms with Gasteiger partial charge in [0.15, 0.2) is 0 Å². The van der Waals surface area contributed by atoms with E-state index < -0.39 is 0 Å². The first kappa shape index (κ1) is 3.55. The van der Waals surface area contributed by atoms with Crippen molar-refractivity contribution in [3.05, 3.63) is 0 Å². The maximum absolute atomic E-state index is 7.62. The van der Waals surface area contributed by atoms with E-state index in [1.165, 1.54) is 0 Å². The maximum atomic E-state index is 7.62. The van der Waals surface area contributed by atoms with Gasteiger partial charge < -0.3 is 0 Å². The van der Waals surface area contributed by atoms with Crippen molar-refractivity contribution in [1.29, 1.82) is 5.26 Å². The predicted octanol–water partition coefficient (Wildman–Crippen LogP) is -0.439. The van der Waals surface area contributed by atoms with Gasteiger partial charge in [-0.3, -0.25) is 0 Å². The SMILES string of the molecule is BCC#N. The van der Waals surface area contributed by atoms with Gasteiger partial charge in [0.2, 0.25) is 0 Å². The highest BCUT2D eigenvalue weighted by Crippen LogP contribution is 1.52. The van der Waals surface area contributed by atoms with Gasteiger partial charge in [-0.1, -0.05) is 0 Å². The normalized spacial score (nSPS) is 4.75. The molecule has 0 heterocycles. The van der Waals surface area contributed by atoms with Gasteiger partial charge >= 0.3 is 0 Å². The fraction of sp³-hybridized carbons (Fsp3) is 0.500. The van der Waals surface area contributed by atoms with E-state index in [1.54, 1.807) is 0 Å². The number of nitriles is 1. The Balaban J connectivity index is 2.43. The molecule has 0 rings (SSSR count). The molecular weight excluding hydrogens is 48.8 g/mol. The largest absolute Gasteiger partial charge is 0.199 e. The van der Waals surface area contributed by atoms with Crippen molar-refractivity contribution >= 4 is 7.85 Å². The summed E-state index contributed by atoms with van der Waals surface area (Å²) in [7, 11) is 1.82. The van der Waals surface area contributed by atoms with Crippen LogP contribution in [0.4, 0.5) is 0 Å². The summed E-state index contributed by atoms with van der Waals surface area (Å²) in [6, 6.07) is 1.93. The molecule has 0 unspecified atom stereocenters. The van der Waals surface area contributed by atoms with Crippen LogP contribution in [0.2, 0.25) is 6.32 Å². The number of hydrogen-bond acceptors (Lipinski definition) is 1. The molecule has 0 atom stereocenters. The van der Waals surface area contributed by atoms with E-state index >= 15 is 0 Å². The molecule has 0 aliphatic heterocycles. The summed E-state index contributed by atoms with van der Waals surface area (Å²) in [5, 5.41) is 7.62. The lowest BCUT2D eigenvalue weighted by atomic mass is 10.1. The Morgan fingerprint density at radius 3 is 2.25 bits per heavy atom. The molecular formula is C2H4BN. The van der Waals surface area contributed by atoms with Crippen molar-refractivity contribution in [2.24, 2.45) is 0 Å². The zero-order valence-corrected chi connectivity index (χ0v) is 2.65.